The van der Waals surface area contributed by atoms with E-state index in [4.69, 9.17) is 5.11 Å². The Hall–Kier alpha value is -1.35. The van der Waals surface area contributed by atoms with Crippen LogP contribution in [0.4, 0.5) is 0 Å². The van der Waals surface area contributed by atoms with E-state index >= 15 is 0 Å². The minimum absolute atomic E-state index is 0.0413. The number of rotatable bonds is 6. The van der Waals surface area contributed by atoms with Crippen molar-refractivity contribution < 1.29 is 9.90 Å². The SMILES string of the molecule is CCCCc1ccc(C(=O)N[C@@H](C)CO)cc1. The van der Waals surface area contributed by atoms with Gasteiger partial charge in [-0.3, -0.25) is 4.79 Å². The third-order valence-corrected chi connectivity index (χ3v) is 2.69. The fraction of sp³-hybridized carbons (Fsp3) is 0.500. The number of aliphatic hydroxyl groups excluding tert-OH is 1. The molecule has 0 radical (unpaired) electrons. The summed E-state index contributed by atoms with van der Waals surface area (Å²) in [5.74, 6) is -0.131. The molecule has 0 aromatic heterocycles. The minimum atomic E-state index is -0.206. The molecule has 3 nitrogen and oxygen atoms in total. The van der Waals surface area contributed by atoms with Gasteiger partial charge in [0.1, 0.15) is 0 Å². The predicted octanol–water partition coefficient (Wildman–Crippen LogP) is 2.14. The number of nitrogens with one attached hydrogen (secondary N) is 1. The molecule has 0 unspecified atom stereocenters. The smallest absolute Gasteiger partial charge is 0.251 e. The van der Waals surface area contributed by atoms with Crippen molar-refractivity contribution in [1.82, 2.24) is 5.32 Å². The number of carbonyl (C=O) groups is 1. The van der Waals surface area contributed by atoms with E-state index in [9.17, 15) is 4.79 Å². The van der Waals surface area contributed by atoms with Gasteiger partial charge in [-0.2, -0.15) is 0 Å². The van der Waals surface area contributed by atoms with Gasteiger partial charge in [0.15, 0.2) is 0 Å². The van der Waals surface area contributed by atoms with Crippen molar-refractivity contribution >= 4 is 5.91 Å². The molecule has 94 valence electrons. The molecule has 1 rings (SSSR count). The van der Waals surface area contributed by atoms with Gasteiger partial charge in [-0.15, -0.1) is 0 Å². The maximum absolute atomic E-state index is 11.7. The van der Waals surface area contributed by atoms with Crippen molar-refractivity contribution in [3.63, 3.8) is 0 Å². The summed E-state index contributed by atoms with van der Waals surface area (Å²) in [6.45, 7) is 3.89. The monoisotopic (exact) mass is 235 g/mol. The Kier molecular flexibility index (Phi) is 5.70. The van der Waals surface area contributed by atoms with Crippen molar-refractivity contribution in [1.29, 1.82) is 0 Å². The Morgan fingerprint density at radius 2 is 2.00 bits per heavy atom. The Bertz CT molecular complexity index is 346. The second-order valence-electron chi connectivity index (χ2n) is 4.36. The topological polar surface area (TPSA) is 49.3 Å². The summed E-state index contributed by atoms with van der Waals surface area (Å²) >= 11 is 0. The molecule has 0 aliphatic carbocycles. The highest BCUT2D eigenvalue weighted by Gasteiger charge is 2.08. The van der Waals surface area contributed by atoms with Crippen LogP contribution in [0.1, 0.15) is 42.6 Å². The fourth-order valence-electron chi connectivity index (χ4n) is 1.56. The molecular weight excluding hydrogens is 214 g/mol. The Balaban J connectivity index is 2.57. The standard InChI is InChI=1S/C14H21NO2/c1-3-4-5-12-6-8-13(9-7-12)14(17)15-11(2)10-16/h6-9,11,16H,3-5,10H2,1-2H3,(H,15,17)/t11-/m0/s1. The van der Waals surface area contributed by atoms with Crippen molar-refractivity contribution in [2.45, 2.75) is 39.2 Å². The molecule has 0 aliphatic heterocycles. The zero-order chi connectivity index (χ0) is 12.7. The summed E-state index contributed by atoms with van der Waals surface area (Å²) < 4.78 is 0. The lowest BCUT2D eigenvalue weighted by molar-refractivity contribution is 0.0922. The fourth-order valence-corrected chi connectivity index (χ4v) is 1.56. The number of aryl methyl sites for hydroxylation is 1. The first kappa shape index (κ1) is 13.7. The molecule has 1 atom stereocenters. The van der Waals surface area contributed by atoms with Crippen molar-refractivity contribution in [3.05, 3.63) is 35.4 Å². The molecule has 1 amide bonds. The van der Waals surface area contributed by atoms with E-state index in [1.165, 1.54) is 18.4 Å². The van der Waals surface area contributed by atoms with E-state index in [1.807, 2.05) is 24.3 Å². The van der Waals surface area contributed by atoms with Crippen molar-refractivity contribution in [2.75, 3.05) is 6.61 Å². The van der Waals surface area contributed by atoms with Crippen LogP contribution < -0.4 is 5.32 Å². The van der Waals surface area contributed by atoms with Crippen LogP contribution in [-0.2, 0) is 6.42 Å². The molecule has 3 heteroatoms. The number of carbonyl (C=O) groups excluding carboxylic acids is 1. The highest BCUT2D eigenvalue weighted by atomic mass is 16.3. The van der Waals surface area contributed by atoms with Gasteiger partial charge in [0.25, 0.3) is 5.91 Å². The Morgan fingerprint density at radius 3 is 2.53 bits per heavy atom. The summed E-state index contributed by atoms with van der Waals surface area (Å²) in [7, 11) is 0. The summed E-state index contributed by atoms with van der Waals surface area (Å²) in [5, 5.41) is 11.6. The van der Waals surface area contributed by atoms with Crippen LogP contribution in [0.15, 0.2) is 24.3 Å². The summed E-state index contributed by atoms with van der Waals surface area (Å²) in [6.07, 6.45) is 3.41. The first-order chi connectivity index (χ1) is 8.17. The number of amides is 1. The Morgan fingerprint density at radius 1 is 1.35 bits per heavy atom. The number of hydrogen-bond donors (Lipinski definition) is 2. The van der Waals surface area contributed by atoms with Crippen LogP contribution in [0.5, 0.6) is 0 Å². The zero-order valence-corrected chi connectivity index (χ0v) is 10.6. The quantitative estimate of drug-likeness (QED) is 0.793. The lowest BCUT2D eigenvalue weighted by Gasteiger charge is -2.10. The molecule has 1 aromatic rings. The van der Waals surface area contributed by atoms with Crippen LogP contribution >= 0.6 is 0 Å². The molecule has 0 bridgehead atoms. The van der Waals surface area contributed by atoms with Crippen molar-refractivity contribution in [2.24, 2.45) is 0 Å². The van der Waals surface area contributed by atoms with E-state index < -0.39 is 0 Å². The van der Waals surface area contributed by atoms with E-state index in [2.05, 4.69) is 12.2 Å². The number of unbranched alkanes of at least 4 members (excludes halogenated alkanes) is 1. The van der Waals surface area contributed by atoms with Gasteiger partial charge >= 0.3 is 0 Å². The van der Waals surface area contributed by atoms with Crippen LogP contribution in [-0.4, -0.2) is 23.7 Å². The van der Waals surface area contributed by atoms with Crippen LogP contribution in [0.25, 0.3) is 0 Å². The number of aliphatic hydroxyl groups is 1. The number of benzene rings is 1. The second-order valence-corrected chi connectivity index (χ2v) is 4.36. The maximum atomic E-state index is 11.7. The van der Waals surface area contributed by atoms with Gasteiger partial charge in [-0.05, 0) is 37.5 Å². The van der Waals surface area contributed by atoms with E-state index in [1.54, 1.807) is 6.92 Å². The van der Waals surface area contributed by atoms with Crippen LogP contribution in [0.2, 0.25) is 0 Å². The molecule has 0 fully saturated rings. The van der Waals surface area contributed by atoms with Gasteiger partial charge in [-0.1, -0.05) is 25.5 Å². The summed E-state index contributed by atoms with van der Waals surface area (Å²) in [5.41, 5.74) is 1.91. The van der Waals surface area contributed by atoms with Gasteiger partial charge in [0.05, 0.1) is 6.61 Å². The lowest BCUT2D eigenvalue weighted by atomic mass is 10.1. The van der Waals surface area contributed by atoms with E-state index in [0.29, 0.717) is 5.56 Å². The average molecular weight is 235 g/mol. The molecule has 0 saturated heterocycles. The molecule has 0 saturated carbocycles. The van der Waals surface area contributed by atoms with Gasteiger partial charge < -0.3 is 10.4 Å². The van der Waals surface area contributed by atoms with E-state index in [0.717, 1.165) is 6.42 Å². The third-order valence-electron chi connectivity index (χ3n) is 2.69. The summed E-state index contributed by atoms with van der Waals surface area (Å²) in [6, 6.07) is 7.46. The van der Waals surface area contributed by atoms with E-state index in [-0.39, 0.29) is 18.6 Å². The third kappa shape index (κ3) is 4.57. The highest BCUT2D eigenvalue weighted by molar-refractivity contribution is 5.94. The largest absolute Gasteiger partial charge is 0.394 e. The molecular formula is C14H21NO2. The minimum Gasteiger partial charge on any atom is -0.394 e. The maximum Gasteiger partial charge on any atom is 0.251 e. The molecule has 1 aromatic carbocycles. The molecule has 17 heavy (non-hydrogen) atoms. The Labute approximate surface area is 103 Å². The lowest BCUT2D eigenvalue weighted by Crippen LogP contribution is -2.34. The van der Waals surface area contributed by atoms with Gasteiger partial charge in [0.2, 0.25) is 0 Å². The molecule has 2 N–H and O–H groups in total. The highest BCUT2D eigenvalue weighted by Crippen LogP contribution is 2.08. The average Bonchev–Trinajstić information content (AvgIpc) is 2.36. The van der Waals surface area contributed by atoms with Crippen LogP contribution in [0.3, 0.4) is 0 Å². The van der Waals surface area contributed by atoms with Crippen LogP contribution in [0, 0.1) is 0 Å². The zero-order valence-electron chi connectivity index (χ0n) is 10.6. The van der Waals surface area contributed by atoms with Gasteiger partial charge in [-0.25, -0.2) is 0 Å². The van der Waals surface area contributed by atoms with Gasteiger partial charge in [0, 0.05) is 11.6 Å². The number of hydrogen-bond acceptors (Lipinski definition) is 2. The molecule has 0 heterocycles. The first-order valence-electron chi connectivity index (χ1n) is 6.18. The summed E-state index contributed by atoms with van der Waals surface area (Å²) in [4.78, 5) is 11.7. The molecule has 0 aliphatic rings. The second kappa shape index (κ2) is 7.07. The first-order valence-corrected chi connectivity index (χ1v) is 6.18. The predicted molar refractivity (Wildman–Crippen MR) is 69.1 cm³/mol. The molecule has 0 spiro atoms. The van der Waals surface area contributed by atoms with Crippen molar-refractivity contribution in [3.8, 4) is 0 Å². The normalized spacial score (nSPS) is 12.2.